The number of methoxy groups -OCH3 is 1. The number of hydrogen-bond donors (Lipinski definition) is 1. The van der Waals surface area contributed by atoms with Gasteiger partial charge in [-0.3, -0.25) is 0 Å². The Balaban J connectivity index is 2.14. The van der Waals surface area contributed by atoms with Gasteiger partial charge in [-0.15, -0.1) is 0 Å². The minimum absolute atomic E-state index is 0.0745. The largest absolute Gasteiger partial charge is 0.497 e. The third kappa shape index (κ3) is 3.63. The van der Waals surface area contributed by atoms with Crippen molar-refractivity contribution >= 4 is 11.6 Å². The van der Waals surface area contributed by atoms with E-state index >= 15 is 0 Å². The van der Waals surface area contributed by atoms with Crippen LogP contribution in [0.2, 0.25) is 5.02 Å². The molecule has 0 unspecified atom stereocenters. The first-order valence-electron chi connectivity index (χ1n) is 5.88. The van der Waals surface area contributed by atoms with Crippen molar-refractivity contribution in [2.75, 3.05) is 7.11 Å². The number of benzene rings is 2. The normalized spacial score (nSPS) is 10.3. The molecular formula is C15H15ClO3. The zero-order valence-electron chi connectivity index (χ0n) is 10.6. The first-order valence-corrected chi connectivity index (χ1v) is 6.25. The van der Waals surface area contributed by atoms with Crippen LogP contribution < -0.4 is 9.47 Å². The molecule has 0 spiro atoms. The summed E-state index contributed by atoms with van der Waals surface area (Å²) in [5.41, 5.74) is 1.70. The van der Waals surface area contributed by atoms with Gasteiger partial charge in [0.2, 0.25) is 0 Å². The molecule has 19 heavy (non-hydrogen) atoms. The van der Waals surface area contributed by atoms with E-state index < -0.39 is 0 Å². The van der Waals surface area contributed by atoms with Crippen LogP contribution in [-0.2, 0) is 13.2 Å². The van der Waals surface area contributed by atoms with Gasteiger partial charge in [-0.1, -0.05) is 23.7 Å². The Morgan fingerprint density at radius 3 is 2.68 bits per heavy atom. The van der Waals surface area contributed by atoms with E-state index in [9.17, 15) is 5.11 Å². The SMILES string of the molecule is COc1ccc(CO)c(OCc2cccc(Cl)c2)c1. The molecule has 0 aliphatic rings. The monoisotopic (exact) mass is 278 g/mol. The molecule has 0 heterocycles. The van der Waals surface area contributed by atoms with Gasteiger partial charge in [0.25, 0.3) is 0 Å². The highest BCUT2D eigenvalue weighted by Crippen LogP contribution is 2.26. The molecule has 3 nitrogen and oxygen atoms in total. The highest BCUT2D eigenvalue weighted by molar-refractivity contribution is 6.30. The lowest BCUT2D eigenvalue weighted by Gasteiger charge is -2.12. The van der Waals surface area contributed by atoms with E-state index in [1.54, 1.807) is 25.3 Å². The first-order chi connectivity index (χ1) is 9.22. The van der Waals surface area contributed by atoms with Crippen molar-refractivity contribution in [3.05, 3.63) is 58.6 Å². The molecule has 0 fully saturated rings. The smallest absolute Gasteiger partial charge is 0.129 e. The topological polar surface area (TPSA) is 38.7 Å². The van der Waals surface area contributed by atoms with E-state index in [0.29, 0.717) is 23.1 Å². The van der Waals surface area contributed by atoms with E-state index in [0.717, 1.165) is 11.1 Å². The van der Waals surface area contributed by atoms with Gasteiger partial charge >= 0.3 is 0 Å². The summed E-state index contributed by atoms with van der Waals surface area (Å²) >= 11 is 5.92. The van der Waals surface area contributed by atoms with Crippen LogP contribution in [0.5, 0.6) is 11.5 Å². The average molecular weight is 279 g/mol. The minimum atomic E-state index is -0.0745. The Morgan fingerprint density at radius 2 is 2.00 bits per heavy atom. The van der Waals surface area contributed by atoms with Crippen LogP contribution in [-0.4, -0.2) is 12.2 Å². The molecule has 2 aromatic rings. The van der Waals surface area contributed by atoms with Crippen LogP contribution in [0, 0.1) is 0 Å². The number of rotatable bonds is 5. The third-order valence-corrected chi connectivity index (χ3v) is 2.96. The molecule has 2 rings (SSSR count). The molecular weight excluding hydrogens is 264 g/mol. The molecule has 1 N–H and O–H groups in total. The predicted molar refractivity (Wildman–Crippen MR) is 74.7 cm³/mol. The second kappa shape index (κ2) is 6.45. The Labute approximate surface area is 117 Å². The van der Waals surface area contributed by atoms with Gasteiger partial charge in [-0.2, -0.15) is 0 Å². The van der Waals surface area contributed by atoms with Crippen LogP contribution >= 0.6 is 11.6 Å². The van der Waals surface area contributed by atoms with Gasteiger partial charge in [-0.25, -0.2) is 0 Å². The lowest BCUT2D eigenvalue weighted by Crippen LogP contribution is -1.99. The van der Waals surface area contributed by atoms with Gasteiger partial charge in [-0.05, 0) is 29.8 Å². The molecule has 0 radical (unpaired) electrons. The minimum Gasteiger partial charge on any atom is -0.497 e. The van der Waals surface area contributed by atoms with Gasteiger partial charge in [0.05, 0.1) is 13.7 Å². The predicted octanol–water partition coefficient (Wildman–Crippen LogP) is 3.42. The number of aliphatic hydroxyl groups is 1. The van der Waals surface area contributed by atoms with Gasteiger partial charge in [0, 0.05) is 16.7 Å². The summed E-state index contributed by atoms with van der Waals surface area (Å²) in [5, 5.41) is 9.96. The highest BCUT2D eigenvalue weighted by atomic mass is 35.5. The van der Waals surface area contributed by atoms with Crippen LogP contribution in [0.1, 0.15) is 11.1 Å². The lowest BCUT2D eigenvalue weighted by atomic mass is 10.2. The molecule has 4 heteroatoms. The Morgan fingerprint density at radius 1 is 1.16 bits per heavy atom. The van der Waals surface area contributed by atoms with E-state index in [4.69, 9.17) is 21.1 Å². The van der Waals surface area contributed by atoms with Crippen molar-refractivity contribution in [1.82, 2.24) is 0 Å². The summed E-state index contributed by atoms with van der Waals surface area (Å²) in [7, 11) is 1.59. The Hall–Kier alpha value is -1.71. The number of hydrogen-bond acceptors (Lipinski definition) is 3. The third-order valence-electron chi connectivity index (χ3n) is 2.73. The van der Waals surface area contributed by atoms with Crippen LogP contribution in [0.3, 0.4) is 0 Å². The first kappa shape index (κ1) is 13.7. The number of halogens is 1. The summed E-state index contributed by atoms with van der Waals surface area (Å²) < 4.78 is 10.9. The summed E-state index contributed by atoms with van der Waals surface area (Å²) in [6.45, 7) is 0.315. The molecule has 0 saturated heterocycles. The summed E-state index contributed by atoms with van der Waals surface area (Å²) in [6, 6.07) is 12.8. The quantitative estimate of drug-likeness (QED) is 0.911. The van der Waals surface area contributed by atoms with Gasteiger partial charge in [0.15, 0.2) is 0 Å². The van der Waals surface area contributed by atoms with Crippen molar-refractivity contribution in [2.24, 2.45) is 0 Å². The molecule has 0 aliphatic heterocycles. The summed E-state index contributed by atoms with van der Waals surface area (Å²) in [4.78, 5) is 0. The van der Waals surface area contributed by atoms with Crippen LogP contribution in [0.15, 0.2) is 42.5 Å². The van der Waals surface area contributed by atoms with Gasteiger partial charge in [0.1, 0.15) is 18.1 Å². The standard InChI is InChI=1S/C15H15ClO3/c1-18-14-6-5-12(9-17)15(8-14)19-10-11-3-2-4-13(16)7-11/h2-8,17H,9-10H2,1H3. The van der Waals surface area contributed by atoms with E-state index in [1.165, 1.54) is 0 Å². The summed E-state index contributed by atoms with van der Waals surface area (Å²) in [6.07, 6.45) is 0. The maximum atomic E-state index is 9.28. The fraction of sp³-hybridized carbons (Fsp3) is 0.200. The molecule has 2 aromatic carbocycles. The molecule has 0 saturated carbocycles. The average Bonchev–Trinajstić information content (AvgIpc) is 2.45. The van der Waals surface area contributed by atoms with Crippen molar-refractivity contribution < 1.29 is 14.6 Å². The van der Waals surface area contributed by atoms with Crippen molar-refractivity contribution in [3.8, 4) is 11.5 Å². The number of ether oxygens (including phenoxy) is 2. The second-order valence-electron chi connectivity index (χ2n) is 4.05. The molecule has 0 aromatic heterocycles. The maximum Gasteiger partial charge on any atom is 0.129 e. The van der Waals surface area contributed by atoms with Crippen molar-refractivity contribution in [1.29, 1.82) is 0 Å². The van der Waals surface area contributed by atoms with Crippen LogP contribution in [0.25, 0.3) is 0 Å². The molecule has 0 amide bonds. The number of aliphatic hydroxyl groups excluding tert-OH is 1. The fourth-order valence-corrected chi connectivity index (χ4v) is 1.93. The Kier molecular flexibility index (Phi) is 4.66. The van der Waals surface area contributed by atoms with Gasteiger partial charge < -0.3 is 14.6 Å². The molecule has 0 aliphatic carbocycles. The zero-order valence-corrected chi connectivity index (χ0v) is 11.4. The van der Waals surface area contributed by atoms with Crippen LogP contribution in [0.4, 0.5) is 0 Å². The molecule has 100 valence electrons. The van der Waals surface area contributed by atoms with E-state index in [2.05, 4.69) is 0 Å². The lowest BCUT2D eigenvalue weighted by molar-refractivity contribution is 0.258. The summed E-state index contributed by atoms with van der Waals surface area (Å²) in [5.74, 6) is 1.31. The van der Waals surface area contributed by atoms with E-state index in [1.807, 2.05) is 24.3 Å². The second-order valence-corrected chi connectivity index (χ2v) is 4.49. The van der Waals surface area contributed by atoms with E-state index in [-0.39, 0.29) is 6.61 Å². The molecule has 0 bridgehead atoms. The fourth-order valence-electron chi connectivity index (χ4n) is 1.71. The van der Waals surface area contributed by atoms with Crippen molar-refractivity contribution in [2.45, 2.75) is 13.2 Å². The molecule has 0 atom stereocenters. The Bertz CT molecular complexity index is 555. The zero-order chi connectivity index (χ0) is 13.7. The highest BCUT2D eigenvalue weighted by Gasteiger charge is 2.05. The maximum absolute atomic E-state index is 9.28. The van der Waals surface area contributed by atoms with Crippen molar-refractivity contribution in [3.63, 3.8) is 0 Å².